The number of anilines is 1. The van der Waals surface area contributed by atoms with E-state index in [1.54, 1.807) is 36.5 Å². The number of phenolic OH excluding ortho intramolecular Hbond substituents is 1. The monoisotopic (exact) mass is 856 g/mol. The maximum Gasteiger partial charge on any atom is 0.421 e. The van der Waals surface area contributed by atoms with E-state index in [1.807, 2.05) is 83.8 Å². The number of aromatic nitrogens is 1. The van der Waals surface area contributed by atoms with Gasteiger partial charge >= 0.3 is 12.1 Å². The predicted octanol–water partition coefficient (Wildman–Crippen LogP) is 7.45. The minimum absolute atomic E-state index is 0.0212. The molecule has 2 saturated heterocycles. The van der Waals surface area contributed by atoms with E-state index in [0.29, 0.717) is 28.7 Å². The van der Waals surface area contributed by atoms with E-state index in [2.05, 4.69) is 28.2 Å². The molecule has 4 heterocycles. The number of amides is 3. The number of rotatable bonds is 10. The molecule has 6 atom stereocenters. The number of pyridine rings is 1. The molecule has 4 aliphatic rings. The molecule has 4 aromatic carbocycles. The van der Waals surface area contributed by atoms with Crippen LogP contribution < -0.4 is 10.2 Å². The van der Waals surface area contributed by atoms with Gasteiger partial charge < -0.3 is 24.6 Å². The van der Waals surface area contributed by atoms with E-state index in [9.17, 15) is 9.90 Å². The number of nitrogens with zero attached hydrogens (tertiary/aromatic N) is 3. The van der Waals surface area contributed by atoms with Gasteiger partial charge in [0, 0.05) is 37.5 Å². The first-order valence-electron chi connectivity index (χ1n) is 21.7. The van der Waals surface area contributed by atoms with Crippen LogP contribution in [0, 0.1) is 17.8 Å². The Bertz CT molecular complexity index is 2630. The molecular formula is C52H48N4O8. The number of hydrogen-bond acceptors (Lipinski definition) is 10. The molecule has 2 fully saturated rings. The number of carbonyl (C=O) groups excluding carboxylic acids is 4. The number of nitrogens with one attached hydrogen (secondary N) is 1. The van der Waals surface area contributed by atoms with Crippen molar-refractivity contribution in [1.82, 2.24) is 15.2 Å². The molecule has 0 saturated carbocycles. The third-order valence-electron chi connectivity index (χ3n) is 12.7. The molecule has 1 aliphatic carbocycles. The number of esters is 1. The molecule has 0 radical (unpaired) electrons. The van der Waals surface area contributed by atoms with E-state index < -0.39 is 59.4 Å². The maximum absolute atomic E-state index is 16.2. The lowest BCUT2D eigenvalue weighted by Gasteiger charge is -2.46. The lowest BCUT2D eigenvalue weighted by atomic mass is 9.65. The average Bonchev–Trinajstić information content (AvgIpc) is 3.78. The molecular weight excluding hydrogens is 809 g/mol. The average molecular weight is 857 g/mol. The number of hydrogen-bond donors (Lipinski definition) is 2. The normalized spacial score (nSPS) is 23.6. The molecule has 3 amide bonds. The second kappa shape index (κ2) is 18.3. The number of allylic oxidation sites excluding steroid dienone is 2. The van der Waals surface area contributed by atoms with Gasteiger partial charge in [0.1, 0.15) is 29.9 Å². The summed E-state index contributed by atoms with van der Waals surface area (Å²) in [5.74, 6) is 3.11. The molecule has 5 aromatic rings. The number of fused-ring (bicyclic) bond motifs is 3. The summed E-state index contributed by atoms with van der Waals surface area (Å²) in [5.41, 5.74) is 2.87. The summed E-state index contributed by atoms with van der Waals surface area (Å²) in [5, 5.41) is 13.8. The first-order chi connectivity index (χ1) is 31.3. The van der Waals surface area contributed by atoms with Crippen LogP contribution in [0.15, 0.2) is 139 Å². The van der Waals surface area contributed by atoms with Crippen molar-refractivity contribution in [3.8, 4) is 17.6 Å². The Hall–Kier alpha value is -7.07. The van der Waals surface area contributed by atoms with Crippen LogP contribution in [0.2, 0.25) is 0 Å². The zero-order valence-electron chi connectivity index (χ0n) is 35.4. The number of methoxy groups -OCH3 is 1. The second-order valence-electron chi connectivity index (χ2n) is 16.4. The van der Waals surface area contributed by atoms with E-state index in [0.717, 1.165) is 47.4 Å². The van der Waals surface area contributed by atoms with Gasteiger partial charge in [0.15, 0.2) is 0 Å². The van der Waals surface area contributed by atoms with Crippen LogP contribution in [0.3, 0.4) is 0 Å². The van der Waals surface area contributed by atoms with Crippen molar-refractivity contribution in [3.63, 3.8) is 0 Å². The Kier molecular flexibility index (Phi) is 12.1. The molecule has 12 nitrogen and oxygen atoms in total. The first-order valence-corrected chi connectivity index (χ1v) is 21.7. The van der Waals surface area contributed by atoms with E-state index in [-0.39, 0.29) is 31.2 Å². The summed E-state index contributed by atoms with van der Waals surface area (Å²) in [6.07, 6.45) is 6.28. The minimum Gasteiger partial charge on any atom is -0.508 e. The molecule has 1 aromatic heterocycles. The van der Waals surface area contributed by atoms with Crippen LogP contribution in [-0.2, 0) is 40.4 Å². The van der Waals surface area contributed by atoms with Gasteiger partial charge in [0.2, 0.25) is 11.8 Å². The topological polar surface area (TPSA) is 148 Å². The highest BCUT2D eigenvalue weighted by Gasteiger charge is 2.75. The van der Waals surface area contributed by atoms with Gasteiger partial charge in [-0.3, -0.25) is 24.3 Å². The third-order valence-corrected chi connectivity index (χ3v) is 12.7. The molecule has 2 N–H and O–H groups in total. The lowest BCUT2D eigenvalue weighted by Crippen LogP contribution is -2.56. The largest absolute Gasteiger partial charge is 0.508 e. The Labute approximate surface area is 371 Å². The second-order valence-corrected chi connectivity index (χ2v) is 16.4. The number of ether oxygens (including phenoxy) is 3. The molecule has 12 heteroatoms. The van der Waals surface area contributed by atoms with Gasteiger partial charge in [-0.05, 0) is 96.0 Å². The van der Waals surface area contributed by atoms with Crippen LogP contribution in [0.4, 0.5) is 10.5 Å². The summed E-state index contributed by atoms with van der Waals surface area (Å²) >= 11 is 0. The summed E-state index contributed by atoms with van der Waals surface area (Å²) in [6.45, 7) is 0.0665. The lowest BCUT2D eigenvalue weighted by molar-refractivity contribution is -0.178. The van der Waals surface area contributed by atoms with Crippen molar-refractivity contribution in [2.24, 2.45) is 5.92 Å². The summed E-state index contributed by atoms with van der Waals surface area (Å²) < 4.78 is 17.4. The molecule has 324 valence electrons. The third kappa shape index (κ3) is 7.71. The highest BCUT2D eigenvalue weighted by Crippen LogP contribution is 2.66. The van der Waals surface area contributed by atoms with Gasteiger partial charge in [-0.1, -0.05) is 96.8 Å². The van der Waals surface area contributed by atoms with Crippen LogP contribution in [0.5, 0.6) is 5.75 Å². The number of imide groups is 1. The van der Waals surface area contributed by atoms with Gasteiger partial charge in [-0.15, -0.1) is 0 Å². The maximum atomic E-state index is 16.2. The van der Waals surface area contributed by atoms with Gasteiger partial charge in [-0.25, -0.2) is 9.69 Å². The standard InChI is InChI=1S/C52H48N4O8/c1-62-31-32-63-51(61)55-42-27-22-35(21-20-34-13-5-2-6-14-34)33-41(42)52(50(55)60)43(48(58)54-30-28-39-19-11-12-29-53-39)45-49(59)64-46(37-17-9-4-10-18-37)44(36-15-7-3-8-16-36)56(45)47(52)38-23-25-40(57)26-24-38/h3-4,7-13,15-19,22-27,29,33,43-47,57H,2,5-6,14,28,30-32H2,1H3,(H,54,58). The van der Waals surface area contributed by atoms with E-state index in [1.165, 1.54) is 19.2 Å². The Morgan fingerprint density at radius 3 is 2.31 bits per heavy atom. The first kappa shape index (κ1) is 42.2. The highest BCUT2D eigenvalue weighted by atomic mass is 16.6. The zero-order valence-corrected chi connectivity index (χ0v) is 35.4. The molecule has 1 spiro atoms. The number of cyclic esters (lactones) is 1. The van der Waals surface area contributed by atoms with Crippen LogP contribution in [0.25, 0.3) is 0 Å². The Morgan fingerprint density at radius 1 is 0.859 bits per heavy atom. The summed E-state index contributed by atoms with van der Waals surface area (Å²) in [7, 11) is 1.48. The molecule has 64 heavy (non-hydrogen) atoms. The van der Waals surface area contributed by atoms with Crippen molar-refractivity contribution in [3.05, 3.63) is 173 Å². The van der Waals surface area contributed by atoms with Crippen molar-refractivity contribution in [2.45, 2.75) is 61.7 Å². The van der Waals surface area contributed by atoms with Crippen molar-refractivity contribution in [2.75, 3.05) is 31.8 Å². The molecule has 3 aliphatic heterocycles. The number of benzene rings is 4. The molecule has 9 rings (SSSR count). The summed E-state index contributed by atoms with van der Waals surface area (Å²) in [4.78, 5) is 68.7. The SMILES string of the molecule is COCCOC(=O)N1C(=O)C2(c3cc(C#CC4=CCCCC4)ccc31)C(C(=O)NCCc1ccccn1)C1C(=O)OC(c3ccccc3)C(c3ccccc3)N1C2c1ccc(O)cc1. The minimum atomic E-state index is -1.98. The van der Waals surface area contributed by atoms with Crippen LogP contribution in [0.1, 0.15) is 77.4 Å². The van der Waals surface area contributed by atoms with Crippen LogP contribution in [-0.4, -0.2) is 71.8 Å². The van der Waals surface area contributed by atoms with Crippen molar-refractivity contribution < 1.29 is 38.5 Å². The van der Waals surface area contributed by atoms with E-state index >= 15 is 14.4 Å². The molecule has 6 unspecified atom stereocenters. The fourth-order valence-corrected chi connectivity index (χ4v) is 9.97. The number of carbonyl (C=O) groups is 4. The quantitative estimate of drug-likeness (QED) is 0.0825. The van der Waals surface area contributed by atoms with Gasteiger partial charge in [0.25, 0.3) is 0 Å². The summed E-state index contributed by atoms with van der Waals surface area (Å²) in [6, 6.07) is 32.9. The van der Waals surface area contributed by atoms with Crippen molar-refractivity contribution in [1.29, 1.82) is 0 Å². The fourth-order valence-electron chi connectivity index (χ4n) is 9.97. The zero-order chi connectivity index (χ0) is 44.2. The van der Waals surface area contributed by atoms with Crippen molar-refractivity contribution >= 4 is 29.6 Å². The smallest absolute Gasteiger partial charge is 0.421 e. The van der Waals surface area contributed by atoms with E-state index in [4.69, 9.17) is 14.2 Å². The number of aromatic hydroxyl groups is 1. The van der Waals surface area contributed by atoms with Gasteiger partial charge in [-0.2, -0.15) is 0 Å². The number of morpholine rings is 1. The Balaban J connectivity index is 1.31. The highest BCUT2D eigenvalue weighted by molar-refractivity contribution is 6.23. The predicted molar refractivity (Wildman–Crippen MR) is 238 cm³/mol. The number of phenols is 1. The molecule has 0 bridgehead atoms. The fraction of sp³-hybridized carbons (Fsp3) is 0.288. The van der Waals surface area contributed by atoms with Gasteiger partial charge in [0.05, 0.1) is 30.3 Å². The Morgan fingerprint density at radius 2 is 1.61 bits per heavy atom. The van der Waals surface area contributed by atoms with Crippen LogP contribution >= 0.6 is 0 Å².